The molecule has 0 saturated heterocycles. The summed E-state index contributed by atoms with van der Waals surface area (Å²) in [6.45, 7) is 9.20. The summed E-state index contributed by atoms with van der Waals surface area (Å²) in [6, 6.07) is 18.0. The molecule has 0 aromatic heterocycles. The third-order valence-corrected chi connectivity index (χ3v) is 6.11. The molecule has 0 saturated carbocycles. The van der Waals surface area contributed by atoms with Gasteiger partial charge in [-0.05, 0) is 38.7 Å². The van der Waals surface area contributed by atoms with Crippen molar-refractivity contribution in [2.24, 2.45) is 5.92 Å². The molecule has 0 aliphatic heterocycles. The van der Waals surface area contributed by atoms with E-state index in [0.29, 0.717) is 17.7 Å². The van der Waals surface area contributed by atoms with Gasteiger partial charge < -0.3 is 10.1 Å². The molecule has 0 bridgehead atoms. The Bertz CT molecular complexity index is 893. The van der Waals surface area contributed by atoms with E-state index in [9.17, 15) is 14.4 Å². The summed E-state index contributed by atoms with van der Waals surface area (Å²) in [7, 11) is 0. The Hall–Kier alpha value is -2.60. The van der Waals surface area contributed by atoms with Crippen molar-refractivity contribution in [1.29, 1.82) is 0 Å². The van der Waals surface area contributed by atoms with Gasteiger partial charge in [0, 0.05) is 11.3 Å². The predicted molar refractivity (Wildman–Crippen MR) is 130 cm³/mol. The first-order valence-electron chi connectivity index (χ1n) is 10.9. The standard InChI is InChI=1S/C26H33NO4S/c1-6-22(24(29)31-26(3,4)5)27-23(28)21(18(2)19-13-9-7-10-14-19)17-32-25(30)20-15-11-8-12-16-20/h7-16,18,21-22H,6,17H2,1-5H3,(H,27,28)/t18?,21?,22-/m0/s1. The Balaban J connectivity index is 2.18. The molecule has 0 spiro atoms. The maximum Gasteiger partial charge on any atom is 0.329 e. The average molecular weight is 456 g/mol. The van der Waals surface area contributed by atoms with Crippen LogP contribution in [0.1, 0.15) is 62.9 Å². The lowest BCUT2D eigenvalue weighted by Crippen LogP contribution is -2.47. The van der Waals surface area contributed by atoms with E-state index in [-0.39, 0.29) is 16.9 Å². The molecule has 2 aromatic rings. The van der Waals surface area contributed by atoms with Crippen molar-refractivity contribution in [1.82, 2.24) is 5.32 Å². The Morgan fingerprint density at radius 1 is 0.969 bits per heavy atom. The normalized spacial score (nSPS) is 14.2. The zero-order valence-electron chi connectivity index (χ0n) is 19.5. The van der Waals surface area contributed by atoms with E-state index in [1.165, 1.54) is 0 Å². The van der Waals surface area contributed by atoms with Crippen molar-refractivity contribution < 1.29 is 19.1 Å². The van der Waals surface area contributed by atoms with Crippen LogP contribution in [0.3, 0.4) is 0 Å². The van der Waals surface area contributed by atoms with E-state index in [2.05, 4.69) is 5.32 Å². The van der Waals surface area contributed by atoms with E-state index in [4.69, 9.17) is 4.74 Å². The highest BCUT2D eigenvalue weighted by molar-refractivity contribution is 8.14. The lowest BCUT2D eigenvalue weighted by molar-refractivity contribution is -0.159. The van der Waals surface area contributed by atoms with Crippen molar-refractivity contribution in [3.8, 4) is 0 Å². The molecular weight excluding hydrogens is 422 g/mol. The average Bonchev–Trinajstić information content (AvgIpc) is 2.77. The topological polar surface area (TPSA) is 72.5 Å². The van der Waals surface area contributed by atoms with Gasteiger partial charge in [0.05, 0.1) is 5.92 Å². The summed E-state index contributed by atoms with van der Waals surface area (Å²) in [5.41, 5.74) is 0.971. The number of esters is 1. The van der Waals surface area contributed by atoms with Crippen molar-refractivity contribution in [2.75, 3.05) is 5.75 Å². The predicted octanol–water partition coefficient (Wildman–Crippen LogP) is 5.22. The molecule has 2 aromatic carbocycles. The van der Waals surface area contributed by atoms with Crippen LogP contribution < -0.4 is 5.32 Å². The van der Waals surface area contributed by atoms with Crippen LogP contribution in [-0.2, 0) is 14.3 Å². The first-order chi connectivity index (χ1) is 15.1. The van der Waals surface area contributed by atoms with Gasteiger partial charge in [0.25, 0.3) is 0 Å². The fourth-order valence-corrected chi connectivity index (χ4v) is 4.31. The number of rotatable bonds is 9. The second kappa shape index (κ2) is 11.9. The van der Waals surface area contributed by atoms with Gasteiger partial charge in [0.1, 0.15) is 11.6 Å². The van der Waals surface area contributed by atoms with Gasteiger partial charge in [0.2, 0.25) is 11.0 Å². The fraction of sp³-hybridized carbons (Fsp3) is 0.423. The second-order valence-electron chi connectivity index (χ2n) is 8.77. The van der Waals surface area contributed by atoms with E-state index in [1.807, 2.05) is 62.4 Å². The largest absolute Gasteiger partial charge is 0.458 e. The van der Waals surface area contributed by atoms with Crippen LogP contribution in [0.25, 0.3) is 0 Å². The van der Waals surface area contributed by atoms with Crippen molar-refractivity contribution in [3.63, 3.8) is 0 Å². The molecule has 0 aliphatic rings. The summed E-state index contributed by atoms with van der Waals surface area (Å²) in [6.07, 6.45) is 0.420. The lowest BCUT2D eigenvalue weighted by Gasteiger charge is -2.27. The molecule has 6 heteroatoms. The zero-order valence-corrected chi connectivity index (χ0v) is 20.3. The number of thioether (sulfide) groups is 1. The van der Waals surface area contributed by atoms with Gasteiger partial charge in [-0.15, -0.1) is 0 Å². The van der Waals surface area contributed by atoms with Crippen LogP contribution in [0.5, 0.6) is 0 Å². The minimum absolute atomic E-state index is 0.0807. The van der Waals surface area contributed by atoms with Gasteiger partial charge in [-0.3, -0.25) is 9.59 Å². The van der Waals surface area contributed by atoms with Gasteiger partial charge in [-0.25, -0.2) is 4.79 Å². The second-order valence-corrected chi connectivity index (χ2v) is 9.77. The van der Waals surface area contributed by atoms with E-state index in [1.54, 1.807) is 32.9 Å². The summed E-state index contributed by atoms with van der Waals surface area (Å²) >= 11 is 1.13. The van der Waals surface area contributed by atoms with Crippen LogP contribution in [-0.4, -0.2) is 34.4 Å². The van der Waals surface area contributed by atoms with Gasteiger partial charge >= 0.3 is 5.97 Å². The summed E-state index contributed by atoms with van der Waals surface area (Å²) in [5.74, 6) is -1.03. The van der Waals surface area contributed by atoms with Crippen LogP contribution >= 0.6 is 11.8 Å². The van der Waals surface area contributed by atoms with Crippen LogP contribution in [0.2, 0.25) is 0 Å². The molecule has 2 unspecified atom stereocenters. The molecule has 0 fully saturated rings. The van der Waals surface area contributed by atoms with Crippen molar-refractivity contribution in [2.45, 2.75) is 58.6 Å². The number of hydrogen-bond acceptors (Lipinski definition) is 5. The van der Waals surface area contributed by atoms with Gasteiger partial charge in [-0.2, -0.15) is 0 Å². The number of benzene rings is 2. The lowest BCUT2D eigenvalue weighted by atomic mass is 9.88. The Morgan fingerprint density at radius 3 is 2.06 bits per heavy atom. The minimum Gasteiger partial charge on any atom is -0.458 e. The summed E-state index contributed by atoms with van der Waals surface area (Å²) in [5, 5.41) is 2.78. The van der Waals surface area contributed by atoms with Crippen molar-refractivity contribution >= 4 is 28.8 Å². The highest BCUT2D eigenvalue weighted by atomic mass is 32.2. The first kappa shape index (κ1) is 25.7. The molecule has 0 heterocycles. The minimum atomic E-state index is -0.734. The molecule has 1 N–H and O–H groups in total. The molecule has 32 heavy (non-hydrogen) atoms. The van der Waals surface area contributed by atoms with Crippen LogP contribution in [0.15, 0.2) is 60.7 Å². The molecule has 172 valence electrons. The zero-order chi connectivity index (χ0) is 23.7. The van der Waals surface area contributed by atoms with E-state index in [0.717, 1.165) is 17.3 Å². The fourth-order valence-electron chi connectivity index (χ4n) is 3.24. The number of ether oxygens (including phenoxy) is 1. The number of hydrogen-bond donors (Lipinski definition) is 1. The van der Waals surface area contributed by atoms with Crippen molar-refractivity contribution in [3.05, 3.63) is 71.8 Å². The Morgan fingerprint density at radius 2 is 1.53 bits per heavy atom. The molecule has 0 radical (unpaired) electrons. The number of amides is 1. The first-order valence-corrected chi connectivity index (χ1v) is 11.9. The molecule has 3 atom stereocenters. The monoisotopic (exact) mass is 455 g/mol. The highest BCUT2D eigenvalue weighted by Crippen LogP contribution is 2.29. The Kier molecular flexibility index (Phi) is 9.51. The van der Waals surface area contributed by atoms with Gasteiger partial charge in [0.15, 0.2) is 0 Å². The summed E-state index contributed by atoms with van der Waals surface area (Å²) < 4.78 is 5.46. The number of nitrogens with one attached hydrogen (secondary N) is 1. The van der Waals surface area contributed by atoms with Gasteiger partial charge in [-0.1, -0.05) is 86.3 Å². The number of carbonyl (C=O) groups excluding carboxylic acids is 3. The maximum absolute atomic E-state index is 13.3. The third-order valence-electron chi connectivity index (χ3n) is 5.09. The van der Waals surface area contributed by atoms with Crippen LogP contribution in [0, 0.1) is 5.92 Å². The molecule has 5 nitrogen and oxygen atoms in total. The molecule has 1 amide bonds. The van der Waals surface area contributed by atoms with E-state index < -0.39 is 23.5 Å². The highest BCUT2D eigenvalue weighted by Gasteiger charge is 2.32. The molecule has 0 aliphatic carbocycles. The van der Waals surface area contributed by atoms with E-state index >= 15 is 0 Å². The smallest absolute Gasteiger partial charge is 0.329 e. The summed E-state index contributed by atoms with van der Waals surface area (Å²) in [4.78, 5) is 38.5. The number of carbonyl (C=O) groups is 3. The quantitative estimate of drug-likeness (QED) is 0.525. The SMILES string of the molecule is CC[C@H](NC(=O)C(CSC(=O)c1ccccc1)C(C)c1ccccc1)C(=O)OC(C)(C)C. The molecule has 2 rings (SSSR count). The third kappa shape index (κ3) is 7.83. The maximum atomic E-state index is 13.3. The Labute approximate surface area is 195 Å². The molecular formula is C26H33NO4S. The van der Waals surface area contributed by atoms with Crippen LogP contribution in [0.4, 0.5) is 0 Å².